The van der Waals surface area contributed by atoms with E-state index in [9.17, 15) is 0 Å². The molecule has 0 saturated carbocycles. The highest BCUT2D eigenvalue weighted by molar-refractivity contribution is 6.10. The molecule has 0 aliphatic heterocycles. The molecule has 11 rings (SSSR count). The van der Waals surface area contributed by atoms with E-state index >= 15 is 0 Å². The first-order chi connectivity index (χ1) is 29.8. The molecule has 9 aromatic carbocycles. The minimum Gasteiger partial charge on any atom is -0.309 e. The molecule has 282 valence electrons. The van der Waals surface area contributed by atoms with E-state index in [1.807, 2.05) is 53.2 Å². The zero-order valence-corrected chi connectivity index (χ0v) is 32.7. The molecule has 0 aliphatic carbocycles. The van der Waals surface area contributed by atoms with Crippen molar-refractivity contribution in [1.29, 1.82) is 0 Å². The Morgan fingerprint density at radius 1 is 0.300 bits per heavy atom. The fraction of sp³-hybridized carbons (Fsp3) is 0. The maximum absolute atomic E-state index is 5.01. The number of hydrogen-bond donors (Lipinski definition) is 0. The molecule has 0 radical (unpaired) electrons. The van der Waals surface area contributed by atoms with Crippen LogP contribution in [0, 0.1) is 0 Å². The van der Waals surface area contributed by atoms with Crippen molar-refractivity contribution < 1.29 is 0 Å². The Balaban J connectivity index is 0.945. The number of aromatic nitrogens is 4. The molecule has 0 unspecified atom stereocenters. The highest BCUT2D eigenvalue weighted by atomic mass is 15.4. The number of para-hydroxylation sites is 1. The van der Waals surface area contributed by atoms with Crippen molar-refractivity contribution in [2.24, 2.45) is 0 Å². The van der Waals surface area contributed by atoms with Crippen molar-refractivity contribution in [1.82, 2.24) is 19.3 Å². The molecule has 4 heteroatoms. The topological polar surface area (TPSA) is 35.6 Å². The molecule has 0 aliphatic rings. The van der Waals surface area contributed by atoms with Gasteiger partial charge in [0.25, 0.3) is 0 Å². The van der Waals surface area contributed by atoms with Gasteiger partial charge in [0.1, 0.15) is 0 Å². The van der Waals surface area contributed by atoms with Crippen LogP contribution in [0.2, 0.25) is 0 Å². The van der Waals surface area contributed by atoms with E-state index in [1.54, 1.807) is 0 Å². The SMILES string of the molecule is c1ccc(-c2ccc3c(c2)c2ccccc2n3-c2ccc(-c3ccccc3-c3ccccc3-c3ccc(-n4nc(-c5ccccc5)nc4-c4ccccc4)cc3)cc2)cc1. The lowest BCUT2D eigenvalue weighted by Gasteiger charge is -2.16. The summed E-state index contributed by atoms with van der Waals surface area (Å²) in [5.74, 6) is 1.50. The molecular formula is C56H38N4. The van der Waals surface area contributed by atoms with Crippen molar-refractivity contribution in [3.05, 3.63) is 231 Å². The summed E-state index contributed by atoms with van der Waals surface area (Å²) in [4.78, 5) is 5.01. The maximum Gasteiger partial charge on any atom is 0.182 e. The van der Waals surface area contributed by atoms with Gasteiger partial charge in [-0.25, -0.2) is 9.67 Å². The van der Waals surface area contributed by atoms with Gasteiger partial charge in [0, 0.05) is 27.6 Å². The van der Waals surface area contributed by atoms with E-state index in [0.29, 0.717) is 5.82 Å². The summed E-state index contributed by atoms with van der Waals surface area (Å²) in [6.45, 7) is 0. The molecule has 0 fully saturated rings. The van der Waals surface area contributed by atoms with Crippen LogP contribution in [0.3, 0.4) is 0 Å². The third-order valence-corrected chi connectivity index (χ3v) is 11.5. The first-order valence-electron chi connectivity index (χ1n) is 20.3. The molecule has 2 aromatic heterocycles. The number of rotatable bonds is 8. The van der Waals surface area contributed by atoms with Crippen LogP contribution in [-0.4, -0.2) is 19.3 Å². The Labute approximate surface area is 348 Å². The van der Waals surface area contributed by atoms with Crippen LogP contribution < -0.4 is 0 Å². The fourth-order valence-electron chi connectivity index (χ4n) is 8.55. The normalized spacial score (nSPS) is 11.3. The van der Waals surface area contributed by atoms with Gasteiger partial charge < -0.3 is 4.57 Å². The lowest BCUT2D eigenvalue weighted by atomic mass is 9.89. The highest BCUT2D eigenvalue weighted by Gasteiger charge is 2.18. The minimum atomic E-state index is 0.695. The van der Waals surface area contributed by atoms with Gasteiger partial charge in [0.05, 0.1) is 16.7 Å². The molecule has 11 aromatic rings. The molecule has 60 heavy (non-hydrogen) atoms. The summed E-state index contributed by atoms with van der Waals surface area (Å²) in [5, 5.41) is 7.51. The van der Waals surface area contributed by atoms with Gasteiger partial charge >= 0.3 is 0 Å². The first kappa shape index (κ1) is 35.1. The van der Waals surface area contributed by atoms with E-state index in [-0.39, 0.29) is 0 Å². The highest BCUT2D eigenvalue weighted by Crippen LogP contribution is 2.40. The average Bonchev–Trinajstić information content (AvgIpc) is 3.93. The minimum absolute atomic E-state index is 0.695. The summed E-state index contributed by atoms with van der Waals surface area (Å²) in [5.41, 5.74) is 15.9. The number of fused-ring (bicyclic) bond motifs is 3. The molecule has 0 bridgehead atoms. The second-order valence-corrected chi connectivity index (χ2v) is 15.0. The van der Waals surface area contributed by atoms with Gasteiger partial charge in [0.2, 0.25) is 0 Å². The van der Waals surface area contributed by atoms with E-state index in [2.05, 4.69) is 187 Å². The molecule has 0 N–H and O–H groups in total. The predicted octanol–water partition coefficient (Wildman–Crippen LogP) is 14.4. The Hall–Kier alpha value is -8.08. The summed E-state index contributed by atoms with van der Waals surface area (Å²) in [6.07, 6.45) is 0. The summed E-state index contributed by atoms with van der Waals surface area (Å²) < 4.78 is 4.34. The maximum atomic E-state index is 5.01. The van der Waals surface area contributed by atoms with E-state index in [4.69, 9.17) is 10.1 Å². The second kappa shape index (κ2) is 15.0. The molecule has 0 saturated heterocycles. The van der Waals surface area contributed by atoms with E-state index in [1.165, 1.54) is 60.8 Å². The van der Waals surface area contributed by atoms with Crippen LogP contribution >= 0.6 is 0 Å². The van der Waals surface area contributed by atoms with Crippen LogP contribution in [-0.2, 0) is 0 Å². The number of nitrogens with zero attached hydrogens (tertiary/aromatic N) is 4. The Morgan fingerprint density at radius 2 is 0.767 bits per heavy atom. The Kier molecular flexibility index (Phi) is 8.79. The van der Waals surface area contributed by atoms with Gasteiger partial charge in [-0.2, -0.15) is 0 Å². The third-order valence-electron chi connectivity index (χ3n) is 11.5. The lowest BCUT2D eigenvalue weighted by molar-refractivity contribution is 0.891. The predicted molar refractivity (Wildman–Crippen MR) is 248 cm³/mol. The first-order valence-corrected chi connectivity index (χ1v) is 20.3. The van der Waals surface area contributed by atoms with Crippen LogP contribution in [0.1, 0.15) is 0 Å². The Bertz CT molecular complexity index is 3270. The van der Waals surface area contributed by atoms with Crippen LogP contribution in [0.15, 0.2) is 231 Å². The van der Waals surface area contributed by atoms with Crippen LogP contribution in [0.4, 0.5) is 0 Å². The van der Waals surface area contributed by atoms with Crippen molar-refractivity contribution in [3.8, 4) is 78.7 Å². The second-order valence-electron chi connectivity index (χ2n) is 15.0. The zero-order valence-electron chi connectivity index (χ0n) is 32.7. The standard InChI is InChI=1S/C56H38N4/c1-4-16-39(17-5-1)44-32-37-54-52(38-44)51-26-14-15-27-53(51)59(54)45-33-28-40(29-34-45)47-22-10-12-24-49(47)50-25-13-11-23-48(50)41-30-35-46(36-31-41)60-56(43-20-8-3-9-21-43)57-55(58-60)42-18-6-2-7-19-42/h1-38H. The molecular weight excluding hydrogens is 729 g/mol. The molecule has 4 nitrogen and oxygen atoms in total. The van der Waals surface area contributed by atoms with Gasteiger partial charge in [-0.05, 0) is 87.0 Å². The van der Waals surface area contributed by atoms with E-state index < -0.39 is 0 Å². The van der Waals surface area contributed by atoms with Crippen molar-refractivity contribution in [2.75, 3.05) is 0 Å². The summed E-state index contributed by atoms with van der Waals surface area (Å²) in [7, 11) is 0. The van der Waals surface area contributed by atoms with Crippen LogP contribution in [0.25, 0.3) is 100 Å². The van der Waals surface area contributed by atoms with Gasteiger partial charge in [0.15, 0.2) is 11.6 Å². The largest absolute Gasteiger partial charge is 0.309 e. The van der Waals surface area contributed by atoms with Crippen molar-refractivity contribution in [2.45, 2.75) is 0 Å². The van der Waals surface area contributed by atoms with Gasteiger partial charge in [-0.3, -0.25) is 0 Å². The van der Waals surface area contributed by atoms with Crippen molar-refractivity contribution in [3.63, 3.8) is 0 Å². The fourth-order valence-corrected chi connectivity index (χ4v) is 8.55. The molecule has 0 atom stereocenters. The average molecular weight is 767 g/mol. The molecule has 2 heterocycles. The monoisotopic (exact) mass is 766 g/mol. The molecule has 0 spiro atoms. The lowest BCUT2D eigenvalue weighted by Crippen LogP contribution is -1.99. The van der Waals surface area contributed by atoms with E-state index in [0.717, 1.165) is 33.9 Å². The number of hydrogen-bond acceptors (Lipinski definition) is 2. The smallest absolute Gasteiger partial charge is 0.182 e. The zero-order chi connectivity index (χ0) is 39.8. The summed E-state index contributed by atoms with van der Waals surface area (Å²) in [6, 6.07) is 81.7. The number of benzene rings is 9. The van der Waals surface area contributed by atoms with Crippen LogP contribution in [0.5, 0.6) is 0 Å². The van der Waals surface area contributed by atoms with Gasteiger partial charge in [-0.1, -0.05) is 188 Å². The van der Waals surface area contributed by atoms with Gasteiger partial charge in [-0.15, -0.1) is 5.10 Å². The third kappa shape index (κ3) is 6.28. The quantitative estimate of drug-likeness (QED) is 0.154. The molecule has 0 amide bonds. The van der Waals surface area contributed by atoms with Crippen molar-refractivity contribution >= 4 is 21.8 Å². The summed E-state index contributed by atoms with van der Waals surface area (Å²) >= 11 is 0. The Morgan fingerprint density at radius 3 is 1.38 bits per heavy atom.